The van der Waals surface area contributed by atoms with Crippen molar-refractivity contribution in [1.29, 1.82) is 0 Å². The van der Waals surface area contributed by atoms with Gasteiger partial charge in [-0.3, -0.25) is 0 Å². The van der Waals surface area contributed by atoms with Crippen LogP contribution in [0.4, 0.5) is 0 Å². The Balaban J connectivity index is 2.64. The van der Waals surface area contributed by atoms with Crippen molar-refractivity contribution in [1.82, 2.24) is 0 Å². The van der Waals surface area contributed by atoms with E-state index < -0.39 is 0 Å². The largest absolute Gasteiger partial charge is 0.372 e. The van der Waals surface area contributed by atoms with E-state index in [2.05, 4.69) is 41.6 Å². The van der Waals surface area contributed by atoms with E-state index in [1.165, 1.54) is 20.3 Å². The molecule has 0 atom stereocenters. The molecule has 0 spiro atoms. The predicted molar refractivity (Wildman–Crippen MR) is 52.4 cm³/mol. The Bertz CT molecular complexity index is 265. The van der Waals surface area contributed by atoms with Crippen LogP contribution in [0, 0.1) is 10.5 Å². The van der Waals surface area contributed by atoms with Gasteiger partial charge in [-0.25, -0.2) is 0 Å². The summed E-state index contributed by atoms with van der Waals surface area (Å²) in [6, 6.07) is 4.32. The summed E-state index contributed by atoms with van der Waals surface area (Å²) in [7, 11) is 0. The SMILES string of the molecule is Cc1ccc(I)c2c1COC2. The van der Waals surface area contributed by atoms with E-state index in [0.29, 0.717) is 0 Å². The average molecular weight is 260 g/mol. The quantitative estimate of drug-likeness (QED) is 0.651. The average Bonchev–Trinajstić information content (AvgIpc) is 2.45. The van der Waals surface area contributed by atoms with E-state index in [-0.39, 0.29) is 0 Å². The number of halogens is 1. The van der Waals surface area contributed by atoms with Crippen molar-refractivity contribution in [3.8, 4) is 0 Å². The van der Waals surface area contributed by atoms with Crippen LogP contribution in [-0.4, -0.2) is 0 Å². The van der Waals surface area contributed by atoms with Gasteiger partial charge in [0.1, 0.15) is 0 Å². The summed E-state index contributed by atoms with van der Waals surface area (Å²) in [6.07, 6.45) is 0. The minimum atomic E-state index is 0.801. The molecule has 0 radical (unpaired) electrons. The number of aryl methyl sites for hydroxylation is 1. The summed E-state index contributed by atoms with van der Waals surface area (Å²) >= 11 is 2.36. The lowest BCUT2D eigenvalue weighted by molar-refractivity contribution is 0.134. The van der Waals surface area contributed by atoms with Gasteiger partial charge in [0.05, 0.1) is 13.2 Å². The molecule has 1 heterocycles. The number of ether oxygens (including phenoxy) is 1. The highest BCUT2D eigenvalue weighted by Gasteiger charge is 2.15. The maximum absolute atomic E-state index is 5.37. The Hall–Kier alpha value is -0.0900. The fraction of sp³-hybridized carbons (Fsp3) is 0.333. The summed E-state index contributed by atoms with van der Waals surface area (Å²) < 4.78 is 6.71. The van der Waals surface area contributed by atoms with Crippen molar-refractivity contribution < 1.29 is 4.74 Å². The molecule has 1 aromatic rings. The first-order valence-electron chi connectivity index (χ1n) is 3.63. The molecule has 0 bridgehead atoms. The molecule has 0 N–H and O–H groups in total. The first-order valence-corrected chi connectivity index (χ1v) is 4.71. The first-order chi connectivity index (χ1) is 5.29. The lowest BCUT2D eigenvalue weighted by atomic mass is 10.1. The standard InChI is InChI=1S/C9H9IO/c1-6-2-3-9(10)8-5-11-4-7(6)8/h2-3H,4-5H2,1H3. The van der Waals surface area contributed by atoms with Gasteiger partial charge in [-0.1, -0.05) is 6.07 Å². The highest BCUT2D eigenvalue weighted by Crippen LogP contribution is 2.27. The third-order valence-corrected chi connectivity index (χ3v) is 3.11. The summed E-state index contributed by atoms with van der Waals surface area (Å²) in [5.41, 5.74) is 4.15. The molecule has 58 valence electrons. The molecule has 0 unspecified atom stereocenters. The maximum Gasteiger partial charge on any atom is 0.0735 e. The van der Waals surface area contributed by atoms with Gasteiger partial charge in [0, 0.05) is 3.57 Å². The van der Waals surface area contributed by atoms with E-state index >= 15 is 0 Å². The van der Waals surface area contributed by atoms with Crippen molar-refractivity contribution in [2.45, 2.75) is 20.1 Å². The smallest absolute Gasteiger partial charge is 0.0735 e. The zero-order valence-corrected chi connectivity index (χ0v) is 8.51. The first kappa shape index (κ1) is 7.55. The topological polar surface area (TPSA) is 9.23 Å². The Morgan fingerprint density at radius 3 is 2.73 bits per heavy atom. The highest BCUT2D eigenvalue weighted by atomic mass is 127. The van der Waals surface area contributed by atoms with Gasteiger partial charge >= 0.3 is 0 Å². The summed E-state index contributed by atoms with van der Waals surface area (Å²) in [4.78, 5) is 0. The Morgan fingerprint density at radius 2 is 2.00 bits per heavy atom. The minimum absolute atomic E-state index is 0.801. The minimum Gasteiger partial charge on any atom is -0.372 e. The Morgan fingerprint density at radius 1 is 1.27 bits per heavy atom. The molecule has 2 heteroatoms. The molecule has 0 amide bonds. The molecule has 0 aromatic heterocycles. The van der Waals surface area contributed by atoms with Crippen LogP contribution >= 0.6 is 22.6 Å². The van der Waals surface area contributed by atoms with Crippen molar-refractivity contribution in [3.63, 3.8) is 0 Å². The molecule has 11 heavy (non-hydrogen) atoms. The summed E-state index contributed by atoms with van der Waals surface area (Å²) in [6.45, 7) is 3.75. The fourth-order valence-electron chi connectivity index (χ4n) is 1.39. The van der Waals surface area contributed by atoms with Gasteiger partial charge in [0.2, 0.25) is 0 Å². The molecule has 0 aliphatic carbocycles. The lowest BCUT2D eigenvalue weighted by Crippen LogP contribution is -1.89. The van der Waals surface area contributed by atoms with E-state index in [0.717, 1.165) is 13.2 Å². The molecule has 0 saturated carbocycles. The zero-order chi connectivity index (χ0) is 7.84. The monoisotopic (exact) mass is 260 g/mol. The van der Waals surface area contributed by atoms with E-state index in [4.69, 9.17) is 4.74 Å². The van der Waals surface area contributed by atoms with Crippen LogP contribution in [0.25, 0.3) is 0 Å². The van der Waals surface area contributed by atoms with Crippen LogP contribution in [0.5, 0.6) is 0 Å². The molecule has 0 fully saturated rings. The van der Waals surface area contributed by atoms with Crippen LogP contribution in [-0.2, 0) is 18.0 Å². The molecule has 2 rings (SSSR count). The lowest BCUT2D eigenvalue weighted by Gasteiger charge is -2.02. The zero-order valence-electron chi connectivity index (χ0n) is 6.36. The number of hydrogen-bond acceptors (Lipinski definition) is 1. The van der Waals surface area contributed by atoms with Crippen LogP contribution in [0.1, 0.15) is 16.7 Å². The van der Waals surface area contributed by atoms with Crippen LogP contribution in [0.3, 0.4) is 0 Å². The van der Waals surface area contributed by atoms with Gasteiger partial charge in [-0.05, 0) is 52.3 Å². The molecule has 1 aliphatic heterocycles. The van der Waals surface area contributed by atoms with Crippen molar-refractivity contribution in [2.75, 3.05) is 0 Å². The predicted octanol–water partition coefficient (Wildman–Crippen LogP) is 2.63. The highest BCUT2D eigenvalue weighted by molar-refractivity contribution is 14.1. The van der Waals surface area contributed by atoms with Crippen molar-refractivity contribution >= 4 is 22.6 Å². The van der Waals surface area contributed by atoms with Gasteiger partial charge < -0.3 is 4.74 Å². The molecular formula is C9H9IO. The fourth-order valence-corrected chi connectivity index (χ4v) is 2.05. The van der Waals surface area contributed by atoms with Gasteiger partial charge in [0.25, 0.3) is 0 Å². The number of fused-ring (bicyclic) bond motifs is 1. The number of hydrogen-bond donors (Lipinski definition) is 0. The van der Waals surface area contributed by atoms with Gasteiger partial charge in [-0.15, -0.1) is 0 Å². The van der Waals surface area contributed by atoms with Crippen LogP contribution in [0.2, 0.25) is 0 Å². The van der Waals surface area contributed by atoms with Crippen molar-refractivity contribution in [3.05, 3.63) is 32.4 Å². The summed E-state index contributed by atoms with van der Waals surface area (Å²) in [5.74, 6) is 0. The Labute approximate surface area is 79.9 Å². The van der Waals surface area contributed by atoms with Gasteiger partial charge in [-0.2, -0.15) is 0 Å². The van der Waals surface area contributed by atoms with E-state index in [1.54, 1.807) is 0 Å². The molecular weight excluding hydrogens is 251 g/mol. The van der Waals surface area contributed by atoms with Crippen LogP contribution in [0.15, 0.2) is 12.1 Å². The maximum atomic E-state index is 5.37. The normalized spacial score (nSPS) is 15.1. The number of rotatable bonds is 0. The second-order valence-corrected chi connectivity index (χ2v) is 3.98. The second-order valence-electron chi connectivity index (χ2n) is 2.81. The third kappa shape index (κ3) is 1.18. The van der Waals surface area contributed by atoms with E-state index in [9.17, 15) is 0 Å². The third-order valence-electron chi connectivity index (χ3n) is 2.10. The molecule has 0 saturated heterocycles. The van der Waals surface area contributed by atoms with E-state index in [1.807, 2.05) is 0 Å². The second kappa shape index (κ2) is 2.75. The Kier molecular flexibility index (Phi) is 1.89. The van der Waals surface area contributed by atoms with Crippen LogP contribution < -0.4 is 0 Å². The molecule has 1 aromatic carbocycles. The van der Waals surface area contributed by atoms with Gasteiger partial charge in [0.15, 0.2) is 0 Å². The molecule has 1 nitrogen and oxygen atoms in total. The summed E-state index contributed by atoms with van der Waals surface area (Å²) in [5, 5.41) is 0. The number of benzene rings is 1. The molecule has 1 aliphatic rings. The van der Waals surface area contributed by atoms with Crippen molar-refractivity contribution in [2.24, 2.45) is 0 Å².